The van der Waals surface area contributed by atoms with E-state index in [1.807, 2.05) is 0 Å². The Bertz CT molecular complexity index is 243. The highest BCUT2D eigenvalue weighted by atomic mass is 32.1. The number of thiol groups is 1. The van der Waals surface area contributed by atoms with Gasteiger partial charge in [0.1, 0.15) is 0 Å². The summed E-state index contributed by atoms with van der Waals surface area (Å²) in [5, 5.41) is 0. The van der Waals surface area contributed by atoms with Crippen LogP contribution in [0, 0.1) is 0 Å². The fourth-order valence-electron chi connectivity index (χ4n) is 1.27. The van der Waals surface area contributed by atoms with E-state index in [0.29, 0.717) is 0 Å². The molecule has 1 aromatic rings. The second-order valence-corrected chi connectivity index (χ2v) is 3.61. The first-order valence-corrected chi connectivity index (χ1v) is 5.32. The van der Waals surface area contributed by atoms with Gasteiger partial charge in [-0.1, -0.05) is 19.1 Å². The molecule has 0 amide bonds. The quantitative estimate of drug-likeness (QED) is 0.723. The molecule has 0 saturated heterocycles. The van der Waals surface area contributed by atoms with Crippen LogP contribution in [0.4, 0.5) is 5.69 Å². The number of aryl methyl sites for hydroxylation is 1. The lowest BCUT2D eigenvalue weighted by Crippen LogP contribution is -2.19. The van der Waals surface area contributed by atoms with Crippen LogP contribution in [0.3, 0.4) is 0 Å². The Kier molecular flexibility index (Phi) is 4.16. The number of rotatable bonds is 4. The third-order valence-corrected chi connectivity index (χ3v) is 2.42. The number of anilines is 1. The van der Waals surface area contributed by atoms with E-state index in [0.717, 1.165) is 18.7 Å². The van der Waals surface area contributed by atoms with E-state index < -0.39 is 0 Å². The van der Waals surface area contributed by atoms with Gasteiger partial charge in [0.2, 0.25) is 0 Å². The van der Waals surface area contributed by atoms with Gasteiger partial charge in [-0.15, -0.1) is 0 Å². The van der Waals surface area contributed by atoms with Crippen molar-refractivity contribution in [2.45, 2.75) is 13.3 Å². The summed E-state index contributed by atoms with van der Waals surface area (Å²) in [6.07, 6.45) is 1.11. The van der Waals surface area contributed by atoms with Crippen molar-refractivity contribution in [3.63, 3.8) is 0 Å². The maximum atomic E-state index is 4.21. The summed E-state index contributed by atoms with van der Waals surface area (Å²) < 4.78 is 0. The monoisotopic (exact) mass is 195 g/mol. The fourth-order valence-corrected chi connectivity index (χ4v) is 1.57. The minimum Gasteiger partial charge on any atom is -0.374 e. The Morgan fingerprint density at radius 1 is 1.23 bits per heavy atom. The molecular weight excluding hydrogens is 178 g/mol. The molecule has 0 radical (unpaired) electrons. The molecule has 0 aliphatic rings. The van der Waals surface area contributed by atoms with E-state index >= 15 is 0 Å². The molecule has 0 spiro atoms. The van der Waals surface area contributed by atoms with Gasteiger partial charge in [-0.2, -0.15) is 12.6 Å². The Balaban J connectivity index is 2.67. The van der Waals surface area contributed by atoms with Crippen LogP contribution in [0.25, 0.3) is 0 Å². The molecule has 1 aromatic carbocycles. The Labute approximate surface area is 86.2 Å². The number of hydrogen-bond donors (Lipinski definition) is 1. The van der Waals surface area contributed by atoms with E-state index in [1.54, 1.807) is 0 Å². The van der Waals surface area contributed by atoms with Gasteiger partial charge in [0, 0.05) is 25.0 Å². The molecule has 72 valence electrons. The van der Waals surface area contributed by atoms with E-state index in [2.05, 4.69) is 55.8 Å². The molecule has 0 unspecified atom stereocenters. The molecule has 0 heterocycles. The van der Waals surface area contributed by atoms with E-state index in [1.165, 1.54) is 11.3 Å². The number of nitrogens with zero attached hydrogens (tertiary/aromatic N) is 1. The average molecular weight is 195 g/mol. The highest BCUT2D eigenvalue weighted by molar-refractivity contribution is 7.80. The maximum Gasteiger partial charge on any atom is 0.0364 e. The molecule has 1 nitrogen and oxygen atoms in total. The van der Waals surface area contributed by atoms with Crippen LogP contribution in [0.2, 0.25) is 0 Å². The van der Waals surface area contributed by atoms with E-state index in [4.69, 9.17) is 0 Å². The Morgan fingerprint density at radius 2 is 1.85 bits per heavy atom. The average Bonchev–Trinajstić information content (AvgIpc) is 2.18. The van der Waals surface area contributed by atoms with Crippen LogP contribution in [-0.4, -0.2) is 19.3 Å². The molecule has 0 fully saturated rings. The second kappa shape index (κ2) is 5.18. The summed E-state index contributed by atoms with van der Waals surface area (Å²) in [5.74, 6) is 0.895. The van der Waals surface area contributed by atoms with Gasteiger partial charge in [0.15, 0.2) is 0 Å². The zero-order valence-electron chi connectivity index (χ0n) is 8.33. The topological polar surface area (TPSA) is 3.24 Å². The van der Waals surface area contributed by atoms with Crippen LogP contribution >= 0.6 is 12.6 Å². The molecule has 0 aliphatic carbocycles. The molecular formula is C11H17NS. The minimum atomic E-state index is 0.895. The van der Waals surface area contributed by atoms with Crippen molar-refractivity contribution in [3.05, 3.63) is 29.8 Å². The van der Waals surface area contributed by atoms with Crippen LogP contribution < -0.4 is 4.90 Å². The molecule has 1 rings (SSSR count). The zero-order valence-corrected chi connectivity index (χ0v) is 9.22. The summed E-state index contributed by atoms with van der Waals surface area (Å²) in [5.41, 5.74) is 2.66. The van der Waals surface area contributed by atoms with Crippen LogP contribution in [0.5, 0.6) is 0 Å². The molecule has 0 saturated carbocycles. The predicted molar refractivity (Wildman–Crippen MR) is 62.9 cm³/mol. The first-order valence-electron chi connectivity index (χ1n) is 4.69. The van der Waals surface area contributed by atoms with Gasteiger partial charge < -0.3 is 4.90 Å². The van der Waals surface area contributed by atoms with Gasteiger partial charge in [0.25, 0.3) is 0 Å². The predicted octanol–water partition coefficient (Wildman–Crippen LogP) is 2.62. The lowest BCUT2D eigenvalue weighted by molar-refractivity contribution is 0.977. The fraction of sp³-hybridized carbons (Fsp3) is 0.455. The Morgan fingerprint density at radius 3 is 2.31 bits per heavy atom. The summed E-state index contributed by atoms with van der Waals surface area (Å²) in [6, 6.07) is 8.71. The highest BCUT2D eigenvalue weighted by Crippen LogP contribution is 2.13. The largest absolute Gasteiger partial charge is 0.374 e. The second-order valence-electron chi connectivity index (χ2n) is 3.17. The number of benzene rings is 1. The molecule has 0 N–H and O–H groups in total. The first-order chi connectivity index (χ1) is 6.27. The third-order valence-electron chi connectivity index (χ3n) is 2.22. The molecule has 13 heavy (non-hydrogen) atoms. The molecule has 0 atom stereocenters. The maximum absolute atomic E-state index is 4.21. The molecule has 0 aromatic heterocycles. The zero-order chi connectivity index (χ0) is 9.68. The standard InChI is InChI=1S/C11H17NS/c1-3-10-4-6-11(7-5-10)12(2)8-9-13/h4-7,13H,3,8-9H2,1-2H3. The van der Waals surface area contributed by atoms with E-state index in [-0.39, 0.29) is 0 Å². The molecule has 0 bridgehead atoms. The molecule has 2 heteroatoms. The van der Waals surface area contributed by atoms with Gasteiger partial charge in [0.05, 0.1) is 0 Å². The van der Waals surface area contributed by atoms with Crippen molar-refractivity contribution in [1.82, 2.24) is 0 Å². The smallest absolute Gasteiger partial charge is 0.0364 e. The third kappa shape index (κ3) is 2.96. The van der Waals surface area contributed by atoms with Gasteiger partial charge in [-0.05, 0) is 24.1 Å². The summed E-state index contributed by atoms with van der Waals surface area (Å²) in [7, 11) is 2.09. The summed E-state index contributed by atoms with van der Waals surface area (Å²) in [4.78, 5) is 2.21. The SMILES string of the molecule is CCc1ccc(N(C)CCS)cc1. The van der Waals surface area contributed by atoms with Crippen molar-refractivity contribution in [3.8, 4) is 0 Å². The van der Waals surface area contributed by atoms with Crippen molar-refractivity contribution in [1.29, 1.82) is 0 Å². The van der Waals surface area contributed by atoms with Crippen LogP contribution in [0.1, 0.15) is 12.5 Å². The lowest BCUT2D eigenvalue weighted by atomic mass is 10.1. The van der Waals surface area contributed by atoms with Crippen molar-refractivity contribution >= 4 is 18.3 Å². The van der Waals surface area contributed by atoms with Gasteiger partial charge in [-0.3, -0.25) is 0 Å². The normalized spacial score (nSPS) is 10.1. The lowest BCUT2D eigenvalue weighted by Gasteiger charge is -2.18. The van der Waals surface area contributed by atoms with Crippen LogP contribution in [-0.2, 0) is 6.42 Å². The van der Waals surface area contributed by atoms with Crippen molar-refractivity contribution in [2.24, 2.45) is 0 Å². The van der Waals surface area contributed by atoms with Crippen molar-refractivity contribution in [2.75, 3.05) is 24.2 Å². The van der Waals surface area contributed by atoms with Crippen molar-refractivity contribution < 1.29 is 0 Å². The number of hydrogen-bond acceptors (Lipinski definition) is 2. The first kappa shape index (κ1) is 10.5. The highest BCUT2D eigenvalue weighted by Gasteiger charge is 1.98. The van der Waals surface area contributed by atoms with E-state index in [9.17, 15) is 0 Å². The molecule has 0 aliphatic heterocycles. The van der Waals surface area contributed by atoms with Crippen LogP contribution in [0.15, 0.2) is 24.3 Å². The summed E-state index contributed by atoms with van der Waals surface area (Å²) >= 11 is 4.21. The van der Waals surface area contributed by atoms with Gasteiger partial charge >= 0.3 is 0 Å². The summed E-state index contributed by atoms with van der Waals surface area (Å²) in [6.45, 7) is 3.17. The minimum absolute atomic E-state index is 0.895. The Hall–Kier alpha value is -0.630. The van der Waals surface area contributed by atoms with Gasteiger partial charge in [-0.25, -0.2) is 0 Å².